The van der Waals surface area contributed by atoms with Gasteiger partial charge in [0.2, 0.25) is 0 Å². The summed E-state index contributed by atoms with van der Waals surface area (Å²) in [7, 11) is 0. The van der Waals surface area contributed by atoms with Crippen LogP contribution in [-0.4, -0.2) is 12.6 Å². The van der Waals surface area contributed by atoms with E-state index in [0.29, 0.717) is 0 Å². The van der Waals surface area contributed by atoms with Crippen LogP contribution in [0, 0.1) is 0 Å². The summed E-state index contributed by atoms with van der Waals surface area (Å²) in [6.07, 6.45) is 10.8. The Bertz CT molecular complexity index is 153. The lowest BCUT2D eigenvalue weighted by Crippen LogP contribution is -2.30. The van der Waals surface area contributed by atoms with Crippen LogP contribution >= 0.6 is 0 Å². The van der Waals surface area contributed by atoms with Gasteiger partial charge in [0.15, 0.2) is 0 Å². The summed E-state index contributed by atoms with van der Waals surface area (Å²) in [6, 6.07) is 0.717. The number of nitrogens with one attached hydrogen (secondary N) is 1. The molecule has 0 aliphatic rings. The molecule has 96 valence electrons. The number of hydrogen-bond acceptors (Lipinski definition) is 1. The summed E-state index contributed by atoms with van der Waals surface area (Å²) in [5.74, 6) is 0. The molecule has 1 heteroatoms. The molecule has 1 nitrogen and oxygen atoms in total. The zero-order chi connectivity index (χ0) is 12.2. The molecule has 0 radical (unpaired) electrons. The molecule has 0 aromatic heterocycles. The molecule has 0 heterocycles. The van der Waals surface area contributed by atoms with Crippen molar-refractivity contribution in [2.24, 2.45) is 0 Å². The van der Waals surface area contributed by atoms with Crippen LogP contribution < -0.4 is 5.32 Å². The van der Waals surface area contributed by atoms with Crippen LogP contribution in [0.5, 0.6) is 0 Å². The van der Waals surface area contributed by atoms with Gasteiger partial charge in [-0.1, -0.05) is 64.5 Å². The molecule has 1 N–H and O–H groups in total. The Kier molecular flexibility index (Phi) is 11.0. The fourth-order valence-electron chi connectivity index (χ4n) is 1.95. The average molecular weight is 225 g/mol. The van der Waals surface area contributed by atoms with Gasteiger partial charge in [-0.2, -0.15) is 0 Å². The van der Waals surface area contributed by atoms with E-state index in [1.165, 1.54) is 56.9 Å². The van der Waals surface area contributed by atoms with Crippen LogP contribution in [0.1, 0.15) is 72.1 Å². The highest BCUT2D eigenvalue weighted by molar-refractivity contribution is 4.91. The van der Waals surface area contributed by atoms with Crippen molar-refractivity contribution in [3.8, 4) is 0 Å². The van der Waals surface area contributed by atoms with Crippen LogP contribution in [0.2, 0.25) is 0 Å². The van der Waals surface area contributed by atoms with Crippen molar-refractivity contribution in [1.82, 2.24) is 5.32 Å². The zero-order valence-electron chi connectivity index (χ0n) is 11.6. The molecule has 0 amide bonds. The van der Waals surface area contributed by atoms with Gasteiger partial charge in [0.25, 0.3) is 0 Å². The van der Waals surface area contributed by atoms with Crippen molar-refractivity contribution in [2.75, 3.05) is 6.54 Å². The highest BCUT2D eigenvalue weighted by Gasteiger charge is 2.06. The van der Waals surface area contributed by atoms with E-state index in [1.807, 2.05) is 0 Å². The first kappa shape index (κ1) is 15.7. The van der Waals surface area contributed by atoms with Gasteiger partial charge in [-0.05, 0) is 19.8 Å². The molecular weight excluding hydrogens is 194 g/mol. The van der Waals surface area contributed by atoms with Gasteiger partial charge in [0.1, 0.15) is 0 Å². The molecule has 0 aliphatic carbocycles. The summed E-state index contributed by atoms with van der Waals surface area (Å²) >= 11 is 0. The van der Waals surface area contributed by atoms with Gasteiger partial charge in [0.05, 0.1) is 0 Å². The minimum Gasteiger partial charge on any atom is -0.310 e. The zero-order valence-corrected chi connectivity index (χ0v) is 11.6. The van der Waals surface area contributed by atoms with Crippen molar-refractivity contribution < 1.29 is 0 Å². The van der Waals surface area contributed by atoms with Crippen LogP contribution in [0.4, 0.5) is 0 Å². The molecule has 0 atom stereocenters. The third kappa shape index (κ3) is 10.2. The Balaban J connectivity index is 3.71. The van der Waals surface area contributed by atoms with E-state index in [2.05, 4.69) is 32.7 Å². The molecule has 0 saturated carbocycles. The monoisotopic (exact) mass is 225 g/mol. The molecule has 0 rings (SSSR count). The summed E-state index contributed by atoms with van der Waals surface area (Å²) in [4.78, 5) is 0. The fourth-order valence-corrected chi connectivity index (χ4v) is 1.95. The van der Waals surface area contributed by atoms with Crippen molar-refractivity contribution in [1.29, 1.82) is 0 Å². The van der Waals surface area contributed by atoms with Crippen molar-refractivity contribution in [3.05, 3.63) is 12.2 Å². The van der Waals surface area contributed by atoms with Gasteiger partial charge < -0.3 is 5.32 Å². The summed E-state index contributed by atoms with van der Waals surface area (Å²) in [6.45, 7) is 11.6. The second-order valence-electron chi connectivity index (χ2n) is 5.03. The molecule has 0 aliphatic heterocycles. The minimum atomic E-state index is 0.717. The van der Waals surface area contributed by atoms with Crippen LogP contribution in [0.15, 0.2) is 12.2 Å². The Morgan fingerprint density at radius 3 is 1.88 bits per heavy atom. The van der Waals surface area contributed by atoms with Crippen LogP contribution in [0.25, 0.3) is 0 Å². The molecular formula is C15H31N. The van der Waals surface area contributed by atoms with Gasteiger partial charge in [-0.3, -0.25) is 0 Å². The maximum atomic E-state index is 3.96. The van der Waals surface area contributed by atoms with Gasteiger partial charge in [-0.15, -0.1) is 0 Å². The van der Waals surface area contributed by atoms with E-state index in [0.717, 1.165) is 12.6 Å². The first-order valence-corrected chi connectivity index (χ1v) is 7.08. The normalized spacial score (nSPS) is 11.0. The maximum Gasteiger partial charge on any atom is 0.0161 e. The molecule has 16 heavy (non-hydrogen) atoms. The predicted octanol–water partition coefficient (Wildman–Crippen LogP) is 4.68. The Morgan fingerprint density at radius 1 is 1.00 bits per heavy atom. The van der Waals surface area contributed by atoms with E-state index in [4.69, 9.17) is 0 Å². The lowest BCUT2D eigenvalue weighted by atomic mass is 10.0. The molecule has 0 aromatic rings. The Hall–Kier alpha value is -0.300. The first-order chi connectivity index (χ1) is 7.70. The first-order valence-electron chi connectivity index (χ1n) is 7.08. The quantitative estimate of drug-likeness (QED) is 0.397. The Labute approximate surface area is 103 Å². The lowest BCUT2D eigenvalue weighted by Gasteiger charge is -2.18. The summed E-state index contributed by atoms with van der Waals surface area (Å²) in [5.41, 5.74) is 1.25. The van der Waals surface area contributed by atoms with Gasteiger partial charge in [-0.25, -0.2) is 0 Å². The molecule has 0 unspecified atom stereocenters. The third-order valence-corrected chi connectivity index (χ3v) is 3.00. The standard InChI is InChI=1S/C15H31N/c1-5-7-9-11-15(12-10-8-6-2)16-13-14(3)4/h15-16H,3,5-13H2,1-2,4H3. The lowest BCUT2D eigenvalue weighted by molar-refractivity contribution is 0.431. The second kappa shape index (κ2) is 11.2. The van der Waals surface area contributed by atoms with E-state index in [1.54, 1.807) is 0 Å². The van der Waals surface area contributed by atoms with E-state index >= 15 is 0 Å². The molecule has 0 spiro atoms. The summed E-state index contributed by atoms with van der Waals surface area (Å²) < 4.78 is 0. The van der Waals surface area contributed by atoms with E-state index in [9.17, 15) is 0 Å². The fraction of sp³-hybridized carbons (Fsp3) is 0.867. The molecule has 0 fully saturated rings. The molecule has 0 bridgehead atoms. The van der Waals surface area contributed by atoms with Crippen molar-refractivity contribution >= 4 is 0 Å². The van der Waals surface area contributed by atoms with Gasteiger partial charge in [0, 0.05) is 12.6 Å². The topological polar surface area (TPSA) is 12.0 Å². The smallest absolute Gasteiger partial charge is 0.0161 e. The molecule has 0 saturated heterocycles. The van der Waals surface area contributed by atoms with Gasteiger partial charge >= 0.3 is 0 Å². The maximum absolute atomic E-state index is 3.96. The average Bonchev–Trinajstić information content (AvgIpc) is 2.25. The largest absolute Gasteiger partial charge is 0.310 e. The van der Waals surface area contributed by atoms with Crippen molar-refractivity contribution in [2.45, 2.75) is 78.2 Å². The number of rotatable bonds is 11. The van der Waals surface area contributed by atoms with Crippen LogP contribution in [0.3, 0.4) is 0 Å². The SMILES string of the molecule is C=C(C)CNC(CCCCC)CCCCC. The highest BCUT2D eigenvalue weighted by atomic mass is 14.9. The molecule has 0 aromatic carbocycles. The highest BCUT2D eigenvalue weighted by Crippen LogP contribution is 2.11. The van der Waals surface area contributed by atoms with Crippen molar-refractivity contribution in [3.63, 3.8) is 0 Å². The number of hydrogen-bond donors (Lipinski definition) is 1. The second-order valence-corrected chi connectivity index (χ2v) is 5.03. The van der Waals surface area contributed by atoms with Crippen LogP contribution in [-0.2, 0) is 0 Å². The third-order valence-electron chi connectivity index (χ3n) is 3.00. The van der Waals surface area contributed by atoms with E-state index in [-0.39, 0.29) is 0 Å². The number of unbranched alkanes of at least 4 members (excludes halogenated alkanes) is 4. The Morgan fingerprint density at radius 2 is 1.50 bits per heavy atom. The predicted molar refractivity (Wildman–Crippen MR) is 74.9 cm³/mol. The minimum absolute atomic E-state index is 0.717. The summed E-state index contributed by atoms with van der Waals surface area (Å²) in [5, 5.41) is 3.64. The van der Waals surface area contributed by atoms with E-state index < -0.39 is 0 Å².